The number of primary amides is 1. The Kier molecular flexibility index (Phi) is 7.21. The Labute approximate surface area is 148 Å². The average molecular weight is 394 g/mol. The Hall–Kier alpha value is -2.53. The van der Waals surface area contributed by atoms with E-state index in [0.29, 0.717) is 12.1 Å². The SMILES string of the molecule is COc1ccc(CN2C=CC=C(C(N)=O)C2)cc1.O=S(=O)(O)C(F)(F)F. The highest BCUT2D eigenvalue weighted by Crippen LogP contribution is 2.20. The van der Waals surface area contributed by atoms with E-state index >= 15 is 0 Å². The lowest BCUT2D eigenvalue weighted by molar-refractivity contribution is -0.114. The molecule has 2 rings (SSSR count). The zero-order valence-corrected chi connectivity index (χ0v) is 14.4. The van der Waals surface area contributed by atoms with Crippen LogP contribution in [0.2, 0.25) is 0 Å². The van der Waals surface area contributed by atoms with E-state index < -0.39 is 15.6 Å². The van der Waals surface area contributed by atoms with E-state index in [9.17, 15) is 18.0 Å². The maximum absolute atomic E-state index is 11.1. The second-order valence-electron chi connectivity index (χ2n) is 5.07. The van der Waals surface area contributed by atoms with Crippen molar-refractivity contribution in [3.8, 4) is 5.75 Å². The molecule has 0 radical (unpaired) electrons. The Morgan fingerprint density at radius 1 is 1.31 bits per heavy atom. The van der Waals surface area contributed by atoms with E-state index in [1.54, 1.807) is 13.2 Å². The molecular weight excluding hydrogens is 377 g/mol. The molecule has 0 spiro atoms. The second kappa shape index (κ2) is 8.72. The van der Waals surface area contributed by atoms with Crippen LogP contribution < -0.4 is 10.5 Å². The molecule has 1 aromatic carbocycles. The van der Waals surface area contributed by atoms with Crippen LogP contribution in [0.5, 0.6) is 5.75 Å². The molecule has 1 aliphatic heterocycles. The lowest BCUT2D eigenvalue weighted by atomic mass is 10.1. The predicted octanol–water partition coefficient (Wildman–Crippen LogP) is 1.83. The zero-order valence-electron chi connectivity index (χ0n) is 13.6. The van der Waals surface area contributed by atoms with Crippen LogP contribution in [-0.4, -0.2) is 42.9 Å². The van der Waals surface area contributed by atoms with Crippen molar-refractivity contribution >= 4 is 16.0 Å². The average Bonchev–Trinajstić information content (AvgIpc) is 2.54. The Morgan fingerprint density at radius 3 is 2.27 bits per heavy atom. The van der Waals surface area contributed by atoms with Gasteiger partial charge in [0, 0.05) is 18.7 Å². The molecular formula is C15H17F3N2O5S. The summed E-state index contributed by atoms with van der Waals surface area (Å²) in [5, 5.41) is 0. The number of carbonyl (C=O) groups is 1. The van der Waals surface area contributed by atoms with Crippen molar-refractivity contribution in [3.05, 3.63) is 53.8 Å². The number of carbonyl (C=O) groups excluding carboxylic acids is 1. The number of methoxy groups -OCH3 is 1. The highest BCUT2D eigenvalue weighted by atomic mass is 32.2. The molecule has 1 amide bonds. The van der Waals surface area contributed by atoms with Gasteiger partial charge in [0.25, 0.3) is 0 Å². The molecule has 0 aromatic heterocycles. The number of benzene rings is 1. The highest BCUT2D eigenvalue weighted by molar-refractivity contribution is 7.86. The summed E-state index contributed by atoms with van der Waals surface area (Å²) in [4.78, 5) is 13.2. The molecule has 0 unspecified atom stereocenters. The minimum absolute atomic E-state index is 0.362. The maximum Gasteiger partial charge on any atom is 0.522 e. The molecule has 0 fully saturated rings. The molecule has 1 aliphatic rings. The molecule has 0 atom stereocenters. The Balaban J connectivity index is 0.000000359. The molecule has 0 aliphatic carbocycles. The van der Waals surface area contributed by atoms with Gasteiger partial charge in [-0.2, -0.15) is 21.6 Å². The van der Waals surface area contributed by atoms with Gasteiger partial charge in [0.1, 0.15) is 5.75 Å². The van der Waals surface area contributed by atoms with Crippen LogP contribution in [0.15, 0.2) is 48.2 Å². The smallest absolute Gasteiger partial charge is 0.497 e. The van der Waals surface area contributed by atoms with Crippen molar-refractivity contribution in [2.45, 2.75) is 12.1 Å². The third-order valence-electron chi connectivity index (χ3n) is 3.12. The predicted molar refractivity (Wildman–Crippen MR) is 87.4 cm³/mol. The van der Waals surface area contributed by atoms with Crippen molar-refractivity contribution < 1.29 is 35.7 Å². The van der Waals surface area contributed by atoms with E-state index in [4.69, 9.17) is 23.4 Å². The van der Waals surface area contributed by atoms with Crippen LogP contribution in [0.25, 0.3) is 0 Å². The highest BCUT2D eigenvalue weighted by Gasteiger charge is 2.44. The van der Waals surface area contributed by atoms with Gasteiger partial charge >= 0.3 is 15.6 Å². The summed E-state index contributed by atoms with van der Waals surface area (Å²) >= 11 is 0. The van der Waals surface area contributed by atoms with Gasteiger partial charge in [-0.15, -0.1) is 0 Å². The molecule has 7 nitrogen and oxygen atoms in total. The van der Waals surface area contributed by atoms with Crippen molar-refractivity contribution in [3.63, 3.8) is 0 Å². The van der Waals surface area contributed by atoms with Gasteiger partial charge in [0.05, 0.1) is 7.11 Å². The summed E-state index contributed by atoms with van der Waals surface area (Å²) in [5.74, 6) is 0.477. The van der Waals surface area contributed by atoms with Crippen LogP contribution in [0, 0.1) is 0 Å². The third-order valence-corrected chi connectivity index (χ3v) is 3.71. The second-order valence-corrected chi connectivity index (χ2v) is 6.48. The minimum atomic E-state index is -5.84. The Bertz CT molecular complexity index is 786. The van der Waals surface area contributed by atoms with Gasteiger partial charge in [-0.25, -0.2) is 0 Å². The first-order valence-electron chi connectivity index (χ1n) is 7.02. The maximum atomic E-state index is 11.1. The van der Waals surface area contributed by atoms with Gasteiger partial charge in [-0.3, -0.25) is 9.35 Å². The number of amides is 1. The van der Waals surface area contributed by atoms with Crippen molar-refractivity contribution in [2.75, 3.05) is 13.7 Å². The molecule has 11 heteroatoms. The largest absolute Gasteiger partial charge is 0.522 e. The molecule has 26 heavy (non-hydrogen) atoms. The fourth-order valence-corrected chi connectivity index (χ4v) is 1.84. The van der Waals surface area contributed by atoms with E-state index in [-0.39, 0.29) is 5.91 Å². The molecule has 3 N–H and O–H groups in total. The minimum Gasteiger partial charge on any atom is -0.497 e. The fourth-order valence-electron chi connectivity index (χ4n) is 1.84. The number of halogens is 3. The quantitative estimate of drug-likeness (QED) is 0.596. The number of allylic oxidation sites excluding steroid dienone is 2. The van der Waals surface area contributed by atoms with Crippen molar-refractivity contribution in [1.82, 2.24) is 4.90 Å². The monoisotopic (exact) mass is 394 g/mol. The van der Waals surface area contributed by atoms with Gasteiger partial charge in [0.15, 0.2) is 0 Å². The van der Waals surface area contributed by atoms with Gasteiger partial charge in [-0.05, 0) is 30.0 Å². The summed E-state index contributed by atoms with van der Waals surface area (Å²) < 4.78 is 62.7. The molecule has 1 aromatic rings. The lowest BCUT2D eigenvalue weighted by Gasteiger charge is -2.23. The van der Waals surface area contributed by atoms with Gasteiger partial charge in [-0.1, -0.05) is 18.2 Å². The normalized spacial score (nSPS) is 14.2. The van der Waals surface area contributed by atoms with E-state index in [1.807, 2.05) is 41.4 Å². The lowest BCUT2D eigenvalue weighted by Crippen LogP contribution is -2.28. The number of rotatable bonds is 4. The number of hydrogen-bond donors (Lipinski definition) is 2. The first kappa shape index (κ1) is 21.5. The van der Waals surface area contributed by atoms with E-state index in [0.717, 1.165) is 17.9 Å². The Morgan fingerprint density at radius 2 is 1.85 bits per heavy atom. The summed E-state index contributed by atoms with van der Waals surface area (Å²) in [7, 11) is -4.20. The van der Waals surface area contributed by atoms with Crippen LogP contribution in [0.1, 0.15) is 5.56 Å². The van der Waals surface area contributed by atoms with Crippen LogP contribution in [0.4, 0.5) is 13.2 Å². The van der Waals surface area contributed by atoms with E-state index in [1.165, 1.54) is 0 Å². The number of nitrogens with zero attached hydrogens (tertiary/aromatic N) is 1. The van der Waals surface area contributed by atoms with Crippen LogP contribution >= 0.6 is 0 Å². The molecule has 1 heterocycles. The van der Waals surface area contributed by atoms with Gasteiger partial charge < -0.3 is 15.4 Å². The number of ether oxygens (including phenoxy) is 1. The summed E-state index contributed by atoms with van der Waals surface area (Å²) in [6, 6.07) is 7.87. The van der Waals surface area contributed by atoms with E-state index in [2.05, 4.69) is 0 Å². The molecule has 144 valence electrons. The fraction of sp³-hybridized carbons (Fsp3) is 0.267. The van der Waals surface area contributed by atoms with Crippen molar-refractivity contribution in [2.24, 2.45) is 5.73 Å². The molecule has 0 bridgehead atoms. The number of hydrogen-bond acceptors (Lipinski definition) is 5. The topological polar surface area (TPSA) is 110 Å². The standard InChI is InChI=1S/C14H16N2O2.CHF3O3S/c1-18-13-6-4-11(5-7-13)9-16-8-2-3-12(10-16)14(15)17;2-1(3,4)8(5,6)7/h2-8H,9-10H2,1H3,(H2,15,17);(H,5,6,7). The number of nitrogens with two attached hydrogens (primary N) is 1. The summed E-state index contributed by atoms with van der Waals surface area (Å²) in [5.41, 5.74) is 1.53. The first-order chi connectivity index (χ1) is 11.9. The number of alkyl halides is 3. The summed E-state index contributed by atoms with van der Waals surface area (Å²) in [6.07, 6.45) is 5.55. The first-order valence-corrected chi connectivity index (χ1v) is 8.46. The van der Waals surface area contributed by atoms with Crippen LogP contribution in [0.3, 0.4) is 0 Å². The van der Waals surface area contributed by atoms with Crippen LogP contribution in [-0.2, 0) is 21.5 Å². The summed E-state index contributed by atoms with van der Waals surface area (Å²) in [6.45, 7) is 1.29. The third kappa shape index (κ3) is 6.76. The zero-order chi connectivity index (χ0) is 20.0. The molecule has 0 saturated carbocycles. The molecule has 0 saturated heterocycles. The van der Waals surface area contributed by atoms with Gasteiger partial charge in [0.2, 0.25) is 5.91 Å². The van der Waals surface area contributed by atoms with Crippen molar-refractivity contribution in [1.29, 1.82) is 0 Å².